The van der Waals surface area contributed by atoms with Crippen molar-refractivity contribution in [3.63, 3.8) is 0 Å². The smallest absolute Gasteiger partial charge is 0.309 e. The molecule has 4 rings (SSSR count). The number of hydrogen-bond acceptors (Lipinski definition) is 5. The van der Waals surface area contributed by atoms with Crippen LogP contribution >= 0.6 is 0 Å². The first-order chi connectivity index (χ1) is 17.0. The van der Waals surface area contributed by atoms with E-state index in [1.165, 1.54) is 0 Å². The molecule has 0 unspecified atom stereocenters. The lowest BCUT2D eigenvalue weighted by Crippen LogP contribution is -2.06. The van der Waals surface area contributed by atoms with Crippen LogP contribution in [0.3, 0.4) is 0 Å². The minimum Gasteiger partial charge on any atom is -0.493 e. The van der Waals surface area contributed by atoms with Gasteiger partial charge in [-0.25, -0.2) is 4.98 Å². The average Bonchev–Trinajstić information content (AvgIpc) is 3.44. The van der Waals surface area contributed by atoms with Gasteiger partial charge in [0.05, 0.1) is 25.3 Å². The molecule has 2 aromatic heterocycles. The van der Waals surface area contributed by atoms with Crippen LogP contribution in [0.5, 0.6) is 11.5 Å². The summed E-state index contributed by atoms with van der Waals surface area (Å²) in [6.45, 7) is 7.21. The molecule has 0 aliphatic carbocycles. The Bertz CT molecular complexity index is 1300. The Labute approximate surface area is 205 Å². The van der Waals surface area contributed by atoms with Crippen molar-refractivity contribution in [2.24, 2.45) is 0 Å². The van der Waals surface area contributed by atoms with E-state index in [0.717, 1.165) is 76.2 Å². The van der Waals surface area contributed by atoms with E-state index in [-0.39, 0.29) is 6.42 Å². The fourth-order valence-corrected chi connectivity index (χ4v) is 4.13. The summed E-state index contributed by atoms with van der Waals surface area (Å²) in [6, 6.07) is 11.9. The van der Waals surface area contributed by atoms with Crippen LogP contribution in [0.25, 0.3) is 22.4 Å². The molecule has 0 radical (unpaired) electrons. The van der Waals surface area contributed by atoms with Crippen molar-refractivity contribution < 1.29 is 23.8 Å². The van der Waals surface area contributed by atoms with Crippen LogP contribution < -0.4 is 9.47 Å². The maximum absolute atomic E-state index is 11.1. The van der Waals surface area contributed by atoms with Gasteiger partial charge in [-0.05, 0) is 67.3 Å². The van der Waals surface area contributed by atoms with Crippen molar-refractivity contribution >= 4 is 16.9 Å². The zero-order valence-electron chi connectivity index (χ0n) is 20.5. The first-order valence-electron chi connectivity index (χ1n) is 12.1. The maximum Gasteiger partial charge on any atom is 0.309 e. The molecule has 0 aliphatic rings. The number of aryl methyl sites for hydroxylation is 3. The molecular weight excluding hydrogens is 444 g/mol. The fraction of sp³-hybridized carbons (Fsp3) is 0.357. The number of aromatic amines is 1. The van der Waals surface area contributed by atoms with Gasteiger partial charge in [-0.15, -0.1) is 0 Å². The molecule has 0 saturated carbocycles. The molecule has 0 atom stereocenters. The van der Waals surface area contributed by atoms with E-state index < -0.39 is 5.97 Å². The van der Waals surface area contributed by atoms with Crippen LogP contribution in [0.15, 0.2) is 47.1 Å². The van der Waals surface area contributed by atoms with Gasteiger partial charge in [0.15, 0.2) is 0 Å². The number of benzene rings is 2. The Hall–Kier alpha value is -3.74. The van der Waals surface area contributed by atoms with E-state index in [1.54, 1.807) is 6.26 Å². The third kappa shape index (κ3) is 5.85. The van der Waals surface area contributed by atoms with Crippen molar-refractivity contribution in [1.29, 1.82) is 0 Å². The van der Waals surface area contributed by atoms with Gasteiger partial charge in [0.1, 0.15) is 17.8 Å². The summed E-state index contributed by atoms with van der Waals surface area (Å²) in [6.07, 6.45) is 5.21. The standard InChI is InChI=1S/C28H32N2O5/c1-4-7-19-14-20(28-29-21(5-2)17-35-28)8-11-26(19)34-13-6-12-33-22-9-10-24-23(15-22)18(3)25(30-24)16-27(31)32/h8-11,14-15,17,30H,4-7,12-13,16H2,1-3H3,(H,31,32). The van der Waals surface area contributed by atoms with Gasteiger partial charge in [0.2, 0.25) is 5.89 Å². The lowest BCUT2D eigenvalue weighted by molar-refractivity contribution is -0.136. The summed E-state index contributed by atoms with van der Waals surface area (Å²) in [7, 11) is 0. The third-order valence-electron chi connectivity index (χ3n) is 6.02. The molecule has 2 N–H and O–H groups in total. The first kappa shape index (κ1) is 24.4. The number of rotatable bonds is 12. The number of ether oxygens (including phenoxy) is 2. The molecule has 0 bridgehead atoms. The van der Waals surface area contributed by atoms with Crippen LogP contribution in [-0.4, -0.2) is 34.3 Å². The van der Waals surface area contributed by atoms with Crippen LogP contribution in [0.1, 0.15) is 49.2 Å². The van der Waals surface area contributed by atoms with Crippen LogP contribution in [0.4, 0.5) is 0 Å². The minimum atomic E-state index is -0.851. The van der Waals surface area contributed by atoms with Crippen molar-refractivity contribution in [2.75, 3.05) is 13.2 Å². The molecule has 4 aromatic rings. The number of carboxylic acids is 1. The minimum absolute atomic E-state index is 0.0210. The Morgan fingerprint density at radius 2 is 1.94 bits per heavy atom. The Balaban J connectivity index is 1.33. The maximum atomic E-state index is 11.1. The van der Waals surface area contributed by atoms with Gasteiger partial charge in [0.25, 0.3) is 0 Å². The number of nitrogens with zero attached hydrogens (tertiary/aromatic N) is 1. The Kier molecular flexibility index (Phi) is 7.75. The fourth-order valence-electron chi connectivity index (χ4n) is 4.13. The second-order valence-electron chi connectivity index (χ2n) is 8.63. The van der Waals surface area contributed by atoms with E-state index in [1.807, 2.05) is 37.3 Å². The number of oxazole rings is 1. The second-order valence-corrected chi connectivity index (χ2v) is 8.63. The largest absolute Gasteiger partial charge is 0.493 e. The Morgan fingerprint density at radius 1 is 1.11 bits per heavy atom. The predicted molar refractivity (Wildman–Crippen MR) is 135 cm³/mol. The number of nitrogens with one attached hydrogen (secondary N) is 1. The zero-order valence-corrected chi connectivity index (χ0v) is 20.5. The number of carbonyl (C=O) groups is 1. The molecule has 0 fully saturated rings. The first-order valence-corrected chi connectivity index (χ1v) is 12.1. The topological polar surface area (TPSA) is 97.6 Å². The lowest BCUT2D eigenvalue weighted by Gasteiger charge is -2.13. The summed E-state index contributed by atoms with van der Waals surface area (Å²) >= 11 is 0. The van der Waals surface area contributed by atoms with Crippen LogP contribution in [-0.2, 0) is 24.1 Å². The highest BCUT2D eigenvalue weighted by molar-refractivity contribution is 5.87. The highest BCUT2D eigenvalue weighted by atomic mass is 16.5. The van der Waals surface area contributed by atoms with Gasteiger partial charge < -0.3 is 24.0 Å². The van der Waals surface area contributed by atoms with E-state index in [2.05, 4.69) is 29.9 Å². The monoisotopic (exact) mass is 476 g/mol. The number of carboxylic acid groups (broad SMARTS) is 1. The van der Waals surface area contributed by atoms with Crippen molar-refractivity contribution in [2.45, 2.75) is 52.9 Å². The molecule has 2 aromatic carbocycles. The molecule has 7 heteroatoms. The zero-order chi connectivity index (χ0) is 24.8. The third-order valence-corrected chi connectivity index (χ3v) is 6.02. The Morgan fingerprint density at radius 3 is 2.69 bits per heavy atom. The highest BCUT2D eigenvalue weighted by Crippen LogP contribution is 2.29. The van der Waals surface area contributed by atoms with Gasteiger partial charge in [-0.1, -0.05) is 20.3 Å². The van der Waals surface area contributed by atoms with Crippen LogP contribution in [0.2, 0.25) is 0 Å². The van der Waals surface area contributed by atoms with Gasteiger partial charge >= 0.3 is 5.97 Å². The summed E-state index contributed by atoms with van der Waals surface area (Å²) in [5.41, 5.74) is 5.64. The second kappa shape index (κ2) is 11.1. The highest BCUT2D eigenvalue weighted by Gasteiger charge is 2.12. The number of fused-ring (bicyclic) bond motifs is 1. The molecule has 2 heterocycles. The molecule has 0 amide bonds. The summed E-state index contributed by atoms with van der Waals surface area (Å²) in [5.74, 6) is 1.43. The quantitative estimate of drug-likeness (QED) is 0.239. The van der Waals surface area contributed by atoms with Crippen molar-refractivity contribution in [1.82, 2.24) is 9.97 Å². The lowest BCUT2D eigenvalue weighted by atomic mass is 10.1. The average molecular weight is 477 g/mol. The molecule has 7 nitrogen and oxygen atoms in total. The molecule has 184 valence electrons. The van der Waals surface area contributed by atoms with E-state index >= 15 is 0 Å². The van der Waals surface area contributed by atoms with Crippen molar-refractivity contribution in [3.05, 3.63) is 65.2 Å². The molecule has 0 aliphatic heterocycles. The van der Waals surface area contributed by atoms with Gasteiger partial charge in [0, 0.05) is 28.6 Å². The van der Waals surface area contributed by atoms with E-state index in [0.29, 0.717) is 19.1 Å². The number of H-pyrrole nitrogens is 1. The molecule has 0 saturated heterocycles. The molecule has 35 heavy (non-hydrogen) atoms. The normalized spacial score (nSPS) is 11.2. The number of hydrogen-bond donors (Lipinski definition) is 2. The number of aromatic nitrogens is 2. The van der Waals surface area contributed by atoms with Crippen molar-refractivity contribution in [3.8, 4) is 23.0 Å². The predicted octanol–water partition coefficient (Wildman–Crippen LogP) is 6.12. The SMILES string of the molecule is CCCc1cc(-c2nc(CC)co2)ccc1OCCCOc1ccc2[nH]c(CC(=O)O)c(C)c2c1. The van der Waals surface area contributed by atoms with Gasteiger partial charge in [-0.2, -0.15) is 0 Å². The summed E-state index contributed by atoms with van der Waals surface area (Å²) < 4.78 is 17.6. The van der Waals surface area contributed by atoms with Crippen LogP contribution in [0, 0.1) is 6.92 Å². The summed E-state index contributed by atoms with van der Waals surface area (Å²) in [4.78, 5) is 18.8. The molecular formula is C28H32N2O5. The molecule has 0 spiro atoms. The van der Waals surface area contributed by atoms with E-state index in [9.17, 15) is 4.79 Å². The van der Waals surface area contributed by atoms with Gasteiger partial charge in [-0.3, -0.25) is 4.79 Å². The van der Waals surface area contributed by atoms with E-state index in [4.69, 9.17) is 19.0 Å². The summed E-state index contributed by atoms with van der Waals surface area (Å²) in [5, 5.41) is 10.1. The number of aliphatic carboxylic acids is 1.